The van der Waals surface area contributed by atoms with Gasteiger partial charge in [0.05, 0.1) is 20.1 Å². The van der Waals surface area contributed by atoms with Crippen molar-refractivity contribution in [2.75, 3.05) is 13.7 Å². The van der Waals surface area contributed by atoms with Gasteiger partial charge in [0.15, 0.2) is 0 Å². The van der Waals surface area contributed by atoms with E-state index < -0.39 is 0 Å². The van der Waals surface area contributed by atoms with Crippen LogP contribution in [0.3, 0.4) is 0 Å². The lowest BCUT2D eigenvalue weighted by molar-refractivity contribution is -0.144. The molecule has 3 heteroatoms. The number of benzene rings is 1. The first-order valence-electron chi connectivity index (χ1n) is 6.40. The van der Waals surface area contributed by atoms with Crippen molar-refractivity contribution >= 4 is 5.97 Å². The standard InChI is InChI=1S/C16H20O3/c1-13(2)12-19-16(17)7-5-4-6-14-8-10-15(18-3)11-9-14/h8-11,13H,5,7,12H2,1-3H3. The molecule has 0 fully saturated rings. The summed E-state index contributed by atoms with van der Waals surface area (Å²) in [5.41, 5.74) is 0.913. The largest absolute Gasteiger partial charge is 0.497 e. The number of hydrogen-bond acceptors (Lipinski definition) is 3. The minimum atomic E-state index is -0.183. The van der Waals surface area contributed by atoms with Gasteiger partial charge in [-0.25, -0.2) is 0 Å². The second-order valence-electron chi connectivity index (χ2n) is 4.61. The summed E-state index contributed by atoms with van der Waals surface area (Å²) in [5, 5.41) is 0. The molecule has 0 bridgehead atoms. The highest BCUT2D eigenvalue weighted by atomic mass is 16.5. The average molecular weight is 260 g/mol. The maximum absolute atomic E-state index is 11.3. The first-order valence-corrected chi connectivity index (χ1v) is 6.40. The highest BCUT2D eigenvalue weighted by Gasteiger charge is 2.02. The Hall–Kier alpha value is -1.95. The van der Waals surface area contributed by atoms with Gasteiger partial charge in [0.2, 0.25) is 0 Å². The number of rotatable bonds is 5. The van der Waals surface area contributed by atoms with Gasteiger partial charge in [-0.2, -0.15) is 0 Å². The van der Waals surface area contributed by atoms with E-state index in [1.807, 2.05) is 38.1 Å². The lowest BCUT2D eigenvalue weighted by Crippen LogP contribution is -2.09. The fourth-order valence-electron chi connectivity index (χ4n) is 1.34. The summed E-state index contributed by atoms with van der Waals surface area (Å²) in [7, 11) is 1.63. The summed E-state index contributed by atoms with van der Waals surface area (Å²) in [6.45, 7) is 4.50. The minimum absolute atomic E-state index is 0.183. The third-order valence-electron chi connectivity index (χ3n) is 2.35. The van der Waals surface area contributed by atoms with E-state index in [0.717, 1.165) is 11.3 Å². The van der Waals surface area contributed by atoms with Crippen LogP contribution in [0.2, 0.25) is 0 Å². The zero-order valence-corrected chi connectivity index (χ0v) is 11.7. The van der Waals surface area contributed by atoms with Crippen molar-refractivity contribution in [1.82, 2.24) is 0 Å². The van der Waals surface area contributed by atoms with Gasteiger partial charge in [-0.3, -0.25) is 4.79 Å². The fraction of sp³-hybridized carbons (Fsp3) is 0.438. The van der Waals surface area contributed by atoms with Gasteiger partial charge < -0.3 is 9.47 Å². The molecule has 0 aromatic heterocycles. The third-order valence-corrected chi connectivity index (χ3v) is 2.35. The zero-order chi connectivity index (χ0) is 14.1. The molecule has 19 heavy (non-hydrogen) atoms. The Balaban J connectivity index is 2.32. The SMILES string of the molecule is COc1ccc(C#CCCC(=O)OCC(C)C)cc1. The highest BCUT2D eigenvalue weighted by molar-refractivity contribution is 5.69. The molecule has 3 nitrogen and oxygen atoms in total. The number of carbonyl (C=O) groups excluding carboxylic acids is 1. The number of carbonyl (C=O) groups is 1. The second kappa shape index (κ2) is 8.20. The van der Waals surface area contributed by atoms with E-state index in [4.69, 9.17) is 9.47 Å². The molecule has 1 aromatic rings. The predicted molar refractivity (Wildman–Crippen MR) is 74.9 cm³/mol. The van der Waals surface area contributed by atoms with E-state index in [1.54, 1.807) is 7.11 Å². The van der Waals surface area contributed by atoms with Crippen LogP contribution in [0, 0.1) is 17.8 Å². The molecule has 1 aromatic carbocycles. The molecule has 0 aliphatic heterocycles. The first kappa shape index (κ1) is 15.1. The maximum Gasteiger partial charge on any atom is 0.306 e. The van der Waals surface area contributed by atoms with E-state index in [-0.39, 0.29) is 5.97 Å². The Bertz CT molecular complexity index is 449. The summed E-state index contributed by atoms with van der Waals surface area (Å²) in [4.78, 5) is 11.3. The quantitative estimate of drug-likeness (QED) is 0.603. The number of hydrogen-bond donors (Lipinski definition) is 0. The van der Waals surface area contributed by atoms with Crippen molar-refractivity contribution < 1.29 is 14.3 Å². The molecule has 0 unspecified atom stereocenters. The molecule has 0 aliphatic rings. The van der Waals surface area contributed by atoms with Crippen LogP contribution in [0.25, 0.3) is 0 Å². The molecule has 0 radical (unpaired) electrons. The first-order chi connectivity index (χ1) is 9.11. The van der Waals surface area contributed by atoms with Crippen molar-refractivity contribution in [3.8, 4) is 17.6 Å². The van der Waals surface area contributed by atoms with Gasteiger partial charge >= 0.3 is 5.97 Å². The van der Waals surface area contributed by atoms with Crippen molar-refractivity contribution in [3.05, 3.63) is 29.8 Å². The molecule has 0 amide bonds. The van der Waals surface area contributed by atoms with Gasteiger partial charge in [-0.05, 0) is 30.2 Å². The Morgan fingerprint density at radius 2 is 1.95 bits per heavy atom. The van der Waals surface area contributed by atoms with E-state index in [1.165, 1.54) is 0 Å². The second-order valence-corrected chi connectivity index (χ2v) is 4.61. The molecule has 0 spiro atoms. The lowest BCUT2D eigenvalue weighted by atomic mass is 10.2. The predicted octanol–water partition coefficient (Wildman–Crippen LogP) is 3.03. The number of esters is 1. The smallest absolute Gasteiger partial charge is 0.306 e. The lowest BCUT2D eigenvalue weighted by Gasteiger charge is -2.05. The summed E-state index contributed by atoms with van der Waals surface area (Å²) < 4.78 is 10.1. The topological polar surface area (TPSA) is 35.5 Å². The minimum Gasteiger partial charge on any atom is -0.497 e. The normalized spacial score (nSPS) is 9.68. The van der Waals surface area contributed by atoms with Gasteiger partial charge in [-0.1, -0.05) is 25.7 Å². The number of methoxy groups -OCH3 is 1. The van der Waals surface area contributed by atoms with Crippen molar-refractivity contribution in [3.63, 3.8) is 0 Å². The van der Waals surface area contributed by atoms with Crippen LogP contribution in [0.15, 0.2) is 24.3 Å². The zero-order valence-electron chi connectivity index (χ0n) is 11.7. The van der Waals surface area contributed by atoms with Gasteiger partial charge in [0.25, 0.3) is 0 Å². The van der Waals surface area contributed by atoms with Crippen LogP contribution in [0.4, 0.5) is 0 Å². The molecule has 0 atom stereocenters. The fourth-order valence-corrected chi connectivity index (χ4v) is 1.34. The summed E-state index contributed by atoms with van der Waals surface area (Å²) >= 11 is 0. The summed E-state index contributed by atoms with van der Waals surface area (Å²) in [6, 6.07) is 7.51. The van der Waals surface area contributed by atoms with Gasteiger partial charge in [0.1, 0.15) is 5.75 Å². The molecule has 1 rings (SSSR count). The summed E-state index contributed by atoms with van der Waals surface area (Å²) in [5.74, 6) is 6.96. The van der Waals surface area contributed by atoms with Crippen LogP contribution >= 0.6 is 0 Å². The van der Waals surface area contributed by atoms with Crippen molar-refractivity contribution in [2.45, 2.75) is 26.7 Å². The Kier molecular flexibility index (Phi) is 6.52. The van der Waals surface area contributed by atoms with Gasteiger partial charge in [0, 0.05) is 12.0 Å². The van der Waals surface area contributed by atoms with Crippen molar-refractivity contribution in [1.29, 1.82) is 0 Å². The molecule has 0 heterocycles. The molecule has 0 N–H and O–H groups in total. The van der Waals surface area contributed by atoms with Crippen LogP contribution in [0.1, 0.15) is 32.3 Å². The maximum atomic E-state index is 11.3. The van der Waals surface area contributed by atoms with Crippen molar-refractivity contribution in [2.24, 2.45) is 5.92 Å². The summed E-state index contributed by atoms with van der Waals surface area (Å²) in [6.07, 6.45) is 0.860. The van der Waals surface area contributed by atoms with Gasteiger partial charge in [-0.15, -0.1) is 0 Å². The molecule has 0 aliphatic carbocycles. The Morgan fingerprint density at radius 1 is 1.26 bits per heavy atom. The van der Waals surface area contributed by atoms with Crippen LogP contribution in [0.5, 0.6) is 5.75 Å². The third kappa shape index (κ3) is 6.52. The van der Waals surface area contributed by atoms with E-state index in [2.05, 4.69) is 11.8 Å². The Morgan fingerprint density at radius 3 is 2.53 bits per heavy atom. The van der Waals surface area contributed by atoms with E-state index >= 15 is 0 Å². The molecular weight excluding hydrogens is 240 g/mol. The molecule has 0 saturated heterocycles. The van der Waals surface area contributed by atoms with E-state index in [0.29, 0.717) is 25.4 Å². The van der Waals surface area contributed by atoms with Crippen LogP contribution in [-0.2, 0) is 9.53 Å². The molecular formula is C16H20O3. The molecule has 0 saturated carbocycles. The number of ether oxygens (including phenoxy) is 2. The monoisotopic (exact) mass is 260 g/mol. The Labute approximate surface area is 114 Å². The van der Waals surface area contributed by atoms with Crippen LogP contribution < -0.4 is 4.74 Å². The highest BCUT2D eigenvalue weighted by Crippen LogP contribution is 2.10. The molecule has 102 valence electrons. The average Bonchev–Trinajstić information content (AvgIpc) is 2.42. The van der Waals surface area contributed by atoms with E-state index in [9.17, 15) is 4.79 Å². The van der Waals surface area contributed by atoms with Crippen LogP contribution in [-0.4, -0.2) is 19.7 Å².